The number of primary amides is 2. The van der Waals surface area contributed by atoms with Gasteiger partial charge in [-0.05, 0) is 51.5 Å². The largest absolute Gasteiger partial charge is 0.480 e. The molecule has 1 saturated heterocycles. The molecular formula is C30H53N13O11. The van der Waals surface area contributed by atoms with Crippen LogP contribution in [0, 0.1) is 0 Å². The summed E-state index contributed by atoms with van der Waals surface area (Å²) >= 11 is 0. The topological polar surface area (TPSA) is 426 Å². The van der Waals surface area contributed by atoms with Gasteiger partial charge in [0.15, 0.2) is 5.96 Å². The number of nitrogens with two attached hydrogens (primary N) is 6. The minimum Gasteiger partial charge on any atom is -0.480 e. The van der Waals surface area contributed by atoms with E-state index in [0.29, 0.717) is 25.8 Å². The van der Waals surface area contributed by atoms with E-state index < -0.39 is 115 Å². The molecule has 0 aromatic carbocycles. The maximum Gasteiger partial charge on any atom is 0.328 e. The Bertz CT molecular complexity index is 1390. The number of rotatable bonds is 25. The Morgan fingerprint density at radius 3 is 1.72 bits per heavy atom. The molecule has 1 rings (SSSR count). The Balaban J connectivity index is 3.34. The fourth-order valence-electron chi connectivity index (χ4n) is 5.37. The highest BCUT2D eigenvalue weighted by molar-refractivity contribution is 5.99. The Kier molecular flexibility index (Phi) is 20.5. The quantitative estimate of drug-likeness (QED) is 0.0233. The standard InChI is InChI=1S/C30H53N13O11/c31-8-2-1-5-15(38-23(47)13-32)24(48)40-18(12-22(34)46)26(50)41-17(11-21(33)45)25(49)39-16(6-3-9-37-30(35)36)28(52)43-10-4-7-20(43)27(51)42-19(14-44)29(53)54/h15-20,44H,1-14,31-32H2,(H2,33,45)(H2,34,46)(H,38,47)(H,39,49)(H,40,48)(H,41,50)(H,42,51)(H,53,54)(H4,35,36,37)/t15-,16-,17-,18-,19-,20-/m0/s1. The summed E-state index contributed by atoms with van der Waals surface area (Å²) in [6.45, 7) is -1.03. The van der Waals surface area contributed by atoms with Crippen molar-refractivity contribution in [3.8, 4) is 0 Å². The van der Waals surface area contributed by atoms with Gasteiger partial charge in [-0.3, -0.25) is 43.3 Å². The first-order valence-electron chi connectivity index (χ1n) is 17.1. The van der Waals surface area contributed by atoms with E-state index in [-0.39, 0.29) is 44.7 Å². The number of nitrogens with one attached hydrogen (secondary N) is 5. The summed E-state index contributed by atoms with van der Waals surface area (Å²) in [6.07, 6.45) is -0.172. The van der Waals surface area contributed by atoms with Crippen LogP contribution in [0.15, 0.2) is 4.99 Å². The van der Waals surface area contributed by atoms with Crippen LogP contribution in [0.3, 0.4) is 0 Å². The molecule has 0 bridgehead atoms. The number of likely N-dealkylation sites (tertiary alicyclic amines) is 1. The molecule has 19 N–H and O–H groups in total. The Morgan fingerprint density at radius 1 is 0.704 bits per heavy atom. The van der Waals surface area contributed by atoms with Gasteiger partial charge in [0.05, 0.1) is 26.0 Å². The third-order valence-corrected chi connectivity index (χ3v) is 8.06. The SMILES string of the molecule is NCCCC[C@H](NC(=O)CN)C(=O)N[C@@H](CC(N)=O)C(=O)N[C@@H](CC(N)=O)C(=O)N[C@@H](CCCN=C(N)N)C(=O)N1CCC[C@H]1C(=O)N[C@@H](CO)C(=O)O. The highest BCUT2D eigenvalue weighted by atomic mass is 16.4. The maximum absolute atomic E-state index is 13.8. The number of hydrogen-bond acceptors (Lipinski definition) is 13. The molecule has 0 spiro atoms. The van der Waals surface area contributed by atoms with Gasteiger partial charge in [0.1, 0.15) is 36.3 Å². The molecule has 0 unspecified atom stereocenters. The molecule has 0 radical (unpaired) electrons. The van der Waals surface area contributed by atoms with Gasteiger partial charge in [0.25, 0.3) is 0 Å². The molecular weight excluding hydrogens is 718 g/mol. The first kappa shape index (κ1) is 46.4. The number of unbranched alkanes of at least 4 members (excludes halogenated alkanes) is 1. The van der Waals surface area contributed by atoms with Crippen molar-refractivity contribution in [2.75, 3.05) is 32.8 Å². The molecule has 0 saturated carbocycles. The monoisotopic (exact) mass is 771 g/mol. The van der Waals surface area contributed by atoms with Crippen molar-refractivity contribution >= 4 is 59.2 Å². The highest BCUT2D eigenvalue weighted by Crippen LogP contribution is 2.20. The van der Waals surface area contributed by atoms with Crippen LogP contribution < -0.4 is 61.0 Å². The van der Waals surface area contributed by atoms with Gasteiger partial charge in [0, 0.05) is 13.1 Å². The van der Waals surface area contributed by atoms with E-state index >= 15 is 0 Å². The molecule has 1 fully saturated rings. The lowest BCUT2D eigenvalue weighted by molar-refractivity contribution is -0.145. The third-order valence-electron chi connectivity index (χ3n) is 8.06. The zero-order chi connectivity index (χ0) is 41.0. The molecule has 304 valence electrons. The molecule has 0 aromatic heterocycles. The first-order chi connectivity index (χ1) is 25.4. The van der Waals surface area contributed by atoms with Crippen LogP contribution in [-0.4, -0.2) is 143 Å². The predicted molar refractivity (Wildman–Crippen MR) is 189 cm³/mol. The van der Waals surface area contributed by atoms with E-state index in [1.807, 2.05) is 0 Å². The molecule has 6 atom stereocenters. The van der Waals surface area contributed by atoms with Gasteiger partial charge < -0.3 is 76.1 Å². The number of carbonyl (C=O) groups excluding carboxylic acids is 8. The van der Waals surface area contributed by atoms with Crippen molar-refractivity contribution in [1.29, 1.82) is 0 Å². The van der Waals surface area contributed by atoms with Crippen LogP contribution >= 0.6 is 0 Å². The molecule has 1 heterocycles. The molecule has 1 aliphatic heterocycles. The zero-order valence-corrected chi connectivity index (χ0v) is 29.8. The van der Waals surface area contributed by atoms with Gasteiger partial charge in [-0.25, -0.2) is 4.79 Å². The highest BCUT2D eigenvalue weighted by Gasteiger charge is 2.40. The zero-order valence-electron chi connectivity index (χ0n) is 29.8. The van der Waals surface area contributed by atoms with E-state index in [2.05, 4.69) is 31.6 Å². The van der Waals surface area contributed by atoms with Crippen LogP contribution in [0.4, 0.5) is 0 Å². The number of nitrogens with zero attached hydrogens (tertiary/aromatic N) is 2. The summed E-state index contributed by atoms with van der Waals surface area (Å²) in [5.74, 6) is -9.35. The normalized spacial score (nSPS) is 16.4. The van der Waals surface area contributed by atoms with E-state index in [4.69, 9.17) is 34.4 Å². The van der Waals surface area contributed by atoms with Gasteiger partial charge in [0.2, 0.25) is 47.3 Å². The predicted octanol–water partition coefficient (Wildman–Crippen LogP) is -7.63. The number of carbonyl (C=O) groups is 9. The van der Waals surface area contributed by atoms with Crippen LogP contribution in [-0.2, 0) is 43.2 Å². The van der Waals surface area contributed by atoms with Crippen molar-refractivity contribution in [2.24, 2.45) is 39.4 Å². The second kappa shape index (κ2) is 23.8. The van der Waals surface area contributed by atoms with Crippen molar-refractivity contribution in [3.05, 3.63) is 0 Å². The van der Waals surface area contributed by atoms with E-state index in [1.165, 1.54) is 0 Å². The van der Waals surface area contributed by atoms with Crippen LogP contribution in [0.5, 0.6) is 0 Å². The van der Waals surface area contributed by atoms with Gasteiger partial charge in [-0.2, -0.15) is 0 Å². The van der Waals surface area contributed by atoms with Gasteiger partial charge in [-0.1, -0.05) is 0 Å². The Morgan fingerprint density at radius 2 is 1.24 bits per heavy atom. The third kappa shape index (κ3) is 16.4. The molecule has 54 heavy (non-hydrogen) atoms. The van der Waals surface area contributed by atoms with Crippen LogP contribution in [0.1, 0.15) is 57.8 Å². The molecule has 24 nitrogen and oxygen atoms in total. The van der Waals surface area contributed by atoms with Crippen molar-refractivity contribution in [2.45, 2.75) is 94.0 Å². The lowest BCUT2D eigenvalue weighted by Crippen LogP contribution is -2.60. The summed E-state index contributed by atoms with van der Waals surface area (Å²) in [4.78, 5) is 119. The van der Waals surface area contributed by atoms with Crippen LogP contribution in [0.25, 0.3) is 0 Å². The fraction of sp³-hybridized carbons (Fsp3) is 0.667. The number of carboxylic acid groups (broad SMARTS) is 1. The molecule has 1 aliphatic rings. The van der Waals surface area contributed by atoms with Gasteiger partial charge >= 0.3 is 5.97 Å². The lowest BCUT2D eigenvalue weighted by atomic mass is 10.1. The van der Waals surface area contributed by atoms with E-state index in [0.717, 1.165) is 4.90 Å². The number of aliphatic imine (C=N–C) groups is 1. The summed E-state index contributed by atoms with van der Waals surface area (Å²) in [7, 11) is 0. The second-order valence-electron chi connectivity index (χ2n) is 12.4. The van der Waals surface area contributed by atoms with E-state index in [9.17, 15) is 53.4 Å². The smallest absolute Gasteiger partial charge is 0.328 e. The minimum atomic E-state index is -1.77. The second-order valence-corrected chi connectivity index (χ2v) is 12.4. The number of hydrogen-bond donors (Lipinski definition) is 13. The van der Waals surface area contributed by atoms with Crippen molar-refractivity contribution < 1.29 is 53.4 Å². The summed E-state index contributed by atoms with van der Waals surface area (Å²) in [6, 6.07) is -8.90. The molecule has 8 amide bonds. The number of aliphatic hydroxyl groups excluding tert-OH is 1. The average molecular weight is 772 g/mol. The van der Waals surface area contributed by atoms with Gasteiger partial charge in [-0.15, -0.1) is 0 Å². The fourth-order valence-corrected chi connectivity index (χ4v) is 5.37. The average Bonchev–Trinajstić information content (AvgIpc) is 3.60. The number of carboxylic acids is 1. The van der Waals surface area contributed by atoms with Crippen LogP contribution in [0.2, 0.25) is 0 Å². The summed E-state index contributed by atoms with van der Waals surface area (Å²) in [5, 5.41) is 30.1. The lowest BCUT2D eigenvalue weighted by Gasteiger charge is -2.30. The molecule has 24 heteroatoms. The number of amides is 8. The summed E-state index contributed by atoms with van der Waals surface area (Å²) < 4.78 is 0. The minimum absolute atomic E-state index is 0.0115. The Labute approximate surface area is 310 Å². The van der Waals surface area contributed by atoms with Crippen molar-refractivity contribution in [3.63, 3.8) is 0 Å². The number of aliphatic carboxylic acids is 1. The Hall–Kier alpha value is -5.62. The van der Waals surface area contributed by atoms with E-state index in [1.54, 1.807) is 0 Å². The van der Waals surface area contributed by atoms with Crippen molar-refractivity contribution in [1.82, 2.24) is 31.5 Å². The summed E-state index contributed by atoms with van der Waals surface area (Å²) in [5.41, 5.74) is 32.3. The maximum atomic E-state index is 13.8. The number of aliphatic hydroxyl groups is 1. The molecule has 0 aliphatic carbocycles. The first-order valence-corrected chi connectivity index (χ1v) is 17.1. The number of guanidine groups is 1. The molecule has 0 aromatic rings.